The van der Waals surface area contributed by atoms with Gasteiger partial charge in [-0.1, -0.05) is 48.0 Å². The van der Waals surface area contributed by atoms with E-state index in [9.17, 15) is 4.79 Å². The fraction of sp³-hybridized carbons (Fsp3) is 0.360. The molecule has 1 saturated heterocycles. The van der Waals surface area contributed by atoms with E-state index in [4.69, 9.17) is 16.3 Å². The standard InChI is InChI=1S/C25H28ClN3O2/c1-16-7-4-8-17(2)22(16)28-25(30)29(15-21-11-6-12-31-21)14-20-13-19-10-5-9-18(3)23(19)27-24(20)26/h4-5,7-10,13,21H,6,11-12,14-15H2,1-3H3,(H,28,30)/t21-/m0/s1. The van der Waals surface area contributed by atoms with Crippen LogP contribution in [-0.2, 0) is 11.3 Å². The molecule has 3 aromatic rings. The van der Waals surface area contributed by atoms with E-state index in [1.807, 2.05) is 63.2 Å². The van der Waals surface area contributed by atoms with Crippen molar-refractivity contribution in [2.45, 2.75) is 46.3 Å². The van der Waals surface area contributed by atoms with Crippen LogP contribution in [0.25, 0.3) is 10.9 Å². The summed E-state index contributed by atoms with van der Waals surface area (Å²) in [6, 6.07) is 13.9. The molecule has 4 rings (SSSR count). The van der Waals surface area contributed by atoms with Gasteiger partial charge in [0.2, 0.25) is 0 Å². The average molecular weight is 438 g/mol. The average Bonchev–Trinajstić information content (AvgIpc) is 3.25. The zero-order valence-electron chi connectivity index (χ0n) is 18.2. The van der Waals surface area contributed by atoms with E-state index < -0.39 is 0 Å². The highest BCUT2D eigenvalue weighted by atomic mass is 35.5. The molecule has 1 N–H and O–H groups in total. The van der Waals surface area contributed by atoms with Crippen molar-refractivity contribution in [2.24, 2.45) is 0 Å². The van der Waals surface area contributed by atoms with E-state index in [1.165, 1.54) is 0 Å². The van der Waals surface area contributed by atoms with Crippen LogP contribution in [0.2, 0.25) is 5.15 Å². The fourth-order valence-electron chi connectivity index (χ4n) is 4.14. The lowest BCUT2D eigenvalue weighted by molar-refractivity contribution is 0.0819. The van der Waals surface area contributed by atoms with E-state index in [0.717, 1.165) is 58.3 Å². The van der Waals surface area contributed by atoms with Gasteiger partial charge in [-0.2, -0.15) is 0 Å². The molecule has 2 aromatic carbocycles. The van der Waals surface area contributed by atoms with Crippen LogP contribution in [0, 0.1) is 20.8 Å². The first-order valence-corrected chi connectivity index (χ1v) is 11.1. The predicted molar refractivity (Wildman–Crippen MR) is 126 cm³/mol. The Morgan fingerprint density at radius 3 is 2.58 bits per heavy atom. The molecule has 0 bridgehead atoms. The first-order valence-electron chi connectivity index (χ1n) is 10.7. The summed E-state index contributed by atoms with van der Waals surface area (Å²) in [5.74, 6) is 0. The second-order valence-electron chi connectivity index (χ2n) is 8.30. The third-order valence-corrected chi connectivity index (χ3v) is 6.21. The van der Waals surface area contributed by atoms with Gasteiger partial charge in [-0.3, -0.25) is 0 Å². The van der Waals surface area contributed by atoms with E-state index in [1.54, 1.807) is 4.90 Å². The lowest BCUT2D eigenvalue weighted by atomic mass is 10.1. The van der Waals surface area contributed by atoms with E-state index in [0.29, 0.717) is 18.2 Å². The molecular weight excluding hydrogens is 410 g/mol. The third-order valence-electron chi connectivity index (χ3n) is 5.88. The quantitative estimate of drug-likeness (QED) is 0.496. The maximum absolute atomic E-state index is 13.3. The topological polar surface area (TPSA) is 54.5 Å². The first kappa shape index (κ1) is 21.6. The van der Waals surface area contributed by atoms with Crippen LogP contribution in [0.5, 0.6) is 0 Å². The van der Waals surface area contributed by atoms with Gasteiger partial charge in [0, 0.05) is 29.8 Å². The second-order valence-corrected chi connectivity index (χ2v) is 8.66. The molecule has 5 nitrogen and oxygen atoms in total. The molecule has 162 valence electrons. The predicted octanol–water partition coefficient (Wildman–Crippen LogP) is 6.03. The molecule has 0 saturated carbocycles. The molecule has 1 aliphatic rings. The number of anilines is 1. The Bertz CT molecular complexity index is 1090. The molecule has 6 heteroatoms. The monoisotopic (exact) mass is 437 g/mol. The number of benzene rings is 2. The molecule has 0 radical (unpaired) electrons. The van der Waals surface area contributed by atoms with Crippen molar-refractivity contribution in [3.8, 4) is 0 Å². The number of halogens is 1. The summed E-state index contributed by atoms with van der Waals surface area (Å²) in [5, 5.41) is 4.56. The molecule has 1 aromatic heterocycles. The summed E-state index contributed by atoms with van der Waals surface area (Å²) in [7, 11) is 0. The van der Waals surface area contributed by atoms with Crippen LogP contribution in [0.15, 0.2) is 42.5 Å². The van der Waals surface area contributed by atoms with Crippen molar-refractivity contribution in [1.82, 2.24) is 9.88 Å². The zero-order valence-corrected chi connectivity index (χ0v) is 19.0. The van der Waals surface area contributed by atoms with Gasteiger partial charge >= 0.3 is 6.03 Å². The molecule has 0 spiro atoms. The van der Waals surface area contributed by atoms with Gasteiger partial charge in [-0.25, -0.2) is 9.78 Å². The number of hydrogen-bond donors (Lipinski definition) is 1. The molecule has 1 fully saturated rings. The van der Waals surface area contributed by atoms with Crippen LogP contribution in [0.1, 0.15) is 35.1 Å². The van der Waals surface area contributed by atoms with E-state index in [2.05, 4.69) is 10.3 Å². The Kier molecular flexibility index (Phi) is 6.44. The number of fused-ring (bicyclic) bond motifs is 1. The summed E-state index contributed by atoms with van der Waals surface area (Å²) in [6.45, 7) is 7.64. The summed E-state index contributed by atoms with van der Waals surface area (Å²) in [6.07, 6.45) is 2.02. The number of nitrogens with zero attached hydrogens (tertiary/aromatic N) is 2. The number of amides is 2. The van der Waals surface area contributed by atoms with E-state index in [-0.39, 0.29) is 12.1 Å². The lowest BCUT2D eigenvalue weighted by Crippen LogP contribution is -2.40. The van der Waals surface area contributed by atoms with E-state index >= 15 is 0 Å². The number of pyridine rings is 1. The molecule has 1 aliphatic heterocycles. The molecule has 0 aliphatic carbocycles. The van der Waals surface area contributed by atoms with Gasteiger partial charge in [-0.15, -0.1) is 0 Å². The van der Waals surface area contributed by atoms with Gasteiger partial charge in [0.1, 0.15) is 5.15 Å². The molecule has 31 heavy (non-hydrogen) atoms. The van der Waals surface area contributed by atoms with Crippen molar-refractivity contribution in [3.63, 3.8) is 0 Å². The fourth-order valence-corrected chi connectivity index (χ4v) is 4.33. The number of carbonyl (C=O) groups excluding carboxylic acids is 1. The van der Waals surface area contributed by atoms with Crippen molar-refractivity contribution < 1.29 is 9.53 Å². The van der Waals surface area contributed by atoms with Gasteiger partial charge in [0.25, 0.3) is 0 Å². The maximum atomic E-state index is 13.3. The smallest absolute Gasteiger partial charge is 0.322 e. The number of para-hydroxylation sites is 2. The van der Waals surface area contributed by atoms with Crippen molar-refractivity contribution in [3.05, 3.63) is 69.9 Å². The third kappa shape index (κ3) is 4.83. The Morgan fingerprint density at radius 1 is 1.16 bits per heavy atom. The zero-order chi connectivity index (χ0) is 22.0. The van der Waals surface area contributed by atoms with Crippen LogP contribution in [-0.4, -0.2) is 35.2 Å². The number of nitrogens with one attached hydrogen (secondary N) is 1. The summed E-state index contributed by atoms with van der Waals surface area (Å²) < 4.78 is 5.81. The number of aromatic nitrogens is 1. The highest BCUT2D eigenvalue weighted by molar-refractivity contribution is 6.30. The molecule has 2 amide bonds. The van der Waals surface area contributed by atoms with Gasteiger partial charge in [0.05, 0.1) is 18.2 Å². The van der Waals surface area contributed by atoms with Crippen LogP contribution in [0.4, 0.5) is 10.5 Å². The molecule has 1 atom stereocenters. The lowest BCUT2D eigenvalue weighted by Gasteiger charge is -2.27. The summed E-state index contributed by atoms with van der Waals surface area (Å²) in [4.78, 5) is 19.7. The number of rotatable bonds is 5. The Labute approximate surface area is 188 Å². The van der Waals surface area contributed by atoms with Crippen molar-refractivity contribution in [2.75, 3.05) is 18.5 Å². The Balaban J connectivity index is 1.62. The SMILES string of the molecule is Cc1cccc(C)c1NC(=O)N(Cc1cc2cccc(C)c2nc1Cl)C[C@@H]1CCCO1. The normalized spacial score (nSPS) is 15.9. The van der Waals surface area contributed by atoms with Crippen molar-refractivity contribution >= 4 is 34.2 Å². The minimum absolute atomic E-state index is 0.0400. The first-order chi connectivity index (χ1) is 14.9. The van der Waals surface area contributed by atoms with Crippen LogP contribution in [0.3, 0.4) is 0 Å². The number of aryl methyl sites for hydroxylation is 3. The highest BCUT2D eigenvalue weighted by Gasteiger charge is 2.24. The van der Waals surface area contributed by atoms with Gasteiger partial charge in [-0.05, 0) is 56.4 Å². The number of hydrogen-bond acceptors (Lipinski definition) is 3. The van der Waals surface area contributed by atoms with Crippen molar-refractivity contribution in [1.29, 1.82) is 0 Å². The minimum atomic E-state index is -0.159. The second kappa shape index (κ2) is 9.25. The van der Waals surface area contributed by atoms with Crippen LogP contribution < -0.4 is 5.32 Å². The minimum Gasteiger partial charge on any atom is -0.376 e. The summed E-state index contributed by atoms with van der Waals surface area (Å²) >= 11 is 6.55. The summed E-state index contributed by atoms with van der Waals surface area (Å²) in [5.41, 5.74) is 5.71. The number of ether oxygens (including phenoxy) is 1. The van der Waals surface area contributed by atoms with Crippen LogP contribution >= 0.6 is 11.6 Å². The number of urea groups is 1. The highest BCUT2D eigenvalue weighted by Crippen LogP contribution is 2.26. The molecule has 0 unspecified atom stereocenters. The Hall–Kier alpha value is -2.63. The molecule has 2 heterocycles. The maximum Gasteiger partial charge on any atom is 0.322 e. The number of carbonyl (C=O) groups is 1. The Morgan fingerprint density at radius 2 is 1.87 bits per heavy atom. The van der Waals surface area contributed by atoms with Gasteiger partial charge < -0.3 is 15.0 Å². The largest absolute Gasteiger partial charge is 0.376 e. The van der Waals surface area contributed by atoms with Gasteiger partial charge in [0.15, 0.2) is 0 Å². The molecular formula is C25H28ClN3O2.